The van der Waals surface area contributed by atoms with E-state index in [9.17, 15) is 4.79 Å². The number of carbonyl (C=O) groups is 1. The molecule has 0 atom stereocenters. The van der Waals surface area contributed by atoms with Crippen LogP contribution in [0.4, 0.5) is 0 Å². The van der Waals surface area contributed by atoms with E-state index in [1.165, 1.54) is 6.42 Å². The first-order valence-corrected chi connectivity index (χ1v) is 7.51. The van der Waals surface area contributed by atoms with Crippen LogP contribution in [0.1, 0.15) is 25.7 Å². The first kappa shape index (κ1) is 13.4. The molecule has 0 radical (unpaired) electrons. The van der Waals surface area contributed by atoms with Gasteiger partial charge in [-0.05, 0) is 37.5 Å². The summed E-state index contributed by atoms with van der Waals surface area (Å²) in [5, 5.41) is 6.07. The minimum Gasteiger partial charge on any atom is -0.343 e. The molecule has 20 heavy (non-hydrogen) atoms. The number of likely N-dealkylation sites (tertiary alicyclic amines) is 1. The molecular weight excluding hydrogens is 274 g/mol. The average molecular weight is 292 g/mol. The summed E-state index contributed by atoms with van der Waals surface area (Å²) < 4.78 is 1.88. The molecule has 0 spiro atoms. The normalized spacial score (nSPS) is 15.8. The van der Waals surface area contributed by atoms with E-state index in [1.807, 2.05) is 27.8 Å². The third-order valence-electron chi connectivity index (χ3n) is 3.85. The third-order valence-corrected chi connectivity index (χ3v) is 4.09. The van der Waals surface area contributed by atoms with Crippen molar-refractivity contribution in [3.8, 4) is 0 Å². The van der Waals surface area contributed by atoms with Crippen LogP contribution >= 0.6 is 11.6 Å². The lowest BCUT2D eigenvalue weighted by Gasteiger charge is -2.26. The molecule has 1 aliphatic heterocycles. The van der Waals surface area contributed by atoms with Crippen LogP contribution in [-0.2, 0) is 11.3 Å². The number of carbonyl (C=O) groups excluding carboxylic acids is 1. The van der Waals surface area contributed by atoms with Crippen LogP contribution in [0.3, 0.4) is 0 Å². The number of amides is 1. The quantitative estimate of drug-likeness (QED) is 0.871. The van der Waals surface area contributed by atoms with Gasteiger partial charge in [0, 0.05) is 29.9 Å². The van der Waals surface area contributed by atoms with Gasteiger partial charge < -0.3 is 4.90 Å². The van der Waals surface area contributed by atoms with Crippen molar-refractivity contribution in [3.05, 3.63) is 29.4 Å². The second-order valence-electron chi connectivity index (χ2n) is 5.26. The second kappa shape index (κ2) is 5.83. The summed E-state index contributed by atoms with van der Waals surface area (Å²) >= 11 is 5.96. The first-order chi connectivity index (χ1) is 9.74. The summed E-state index contributed by atoms with van der Waals surface area (Å²) in [6.45, 7) is 2.45. The number of aromatic nitrogens is 2. The SMILES string of the molecule is O=C(CCn1ncc2cc(Cl)ccc21)N1CCCCC1. The molecule has 4 nitrogen and oxygen atoms in total. The summed E-state index contributed by atoms with van der Waals surface area (Å²) in [4.78, 5) is 14.1. The van der Waals surface area contributed by atoms with E-state index < -0.39 is 0 Å². The van der Waals surface area contributed by atoms with Crippen LogP contribution in [0.2, 0.25) is 5.02 Å². The Morgan fingerprint density at radius 1 is 1.25 bits per heavy atom. The van der Waals surface area contributed by atoms with E-state index in [-0.39, 0.29) is 5.91 Å². The molecule has 3 rings (SSSR count). The summed E-state index contributed by atoms with van der Waals surface area (Å²) in [6, 6.07) is 5.71. The lowest BCUT2D eigenvalue weighted by atomic mass is 10.1. The maximum atomic E-state index is 12.1. The van der Waals surface area contributed by atoms with Crippen LogP contribution in [-0.4, -0.2) is 33.7 Å². The third kappa shape index (κ3) is 2.80. The highest BCUT2D eigenvalue weighted by atomic mass is 35.5. The molecule has 0 bridgehead atoms. The van der Waals surface area contributed by atoms with Crippen molar-refractivity contribution >= 4 is 28.4 Å². The fourth-order valence-electron chi connectivity index (χ4n) is 2.74. The fraction of sp³-hybridized carbons (Fsp3) is 0.467. The molecule has 2 aromatic rings. The number of fused-ring (bicyclic) bond motifs is 1. The van der Waals surface area contributed by atoms with Gasteiger partial charge in [0.25, 0.3) is 0 Å². The zero-order valence-corrected chi connectivity index (χ0v) is 12.1. The Morgan fingerprint density at radius 3 is 2.85 bits per heavy atom. The second-order valence-corrected chi connectivity index (χ2v) is 5.70. The van der Waals surface area contributed by atoms with Gasteiger partial charge in [0.15, 0.2) is 0 Å². The largest absolute Gasteiger partial charge is 0.343 e. The fourth-order valence-corrected chi connectivity index (χ4v) is 2.92. The zero-order chi connectivity index (χ0) is 13.9. The first-order valence-electron chi connectivity index (χ1n) is 7.13. The van der Waals surface area contributed by atoms with Crippen molar-refractivity contribution in [2.75, 3.05) is 13.1 Å². The van der Waals surface area contributed by atoms with Crippen LogP contribution in [0.15, 0.2) is 24.4 Å². The van der Waals surface area contributed by atoms with Gasteiger partial charge in [-0.25, -0.2) is 0 Å². The highest BCUT2D eigenvalue weighted by molar-refractivity contribution is 6.31. The number of nitrogens with zero attached hydrogens (tertiary/aromatic N) is 3. The van der Waals surface area contributed by atoms with E-state index in [4.69, 9.17) is 11.6 Å². The average Bonchev–Trinajstić information content (AvgIpc) is 2.88. The molecule has 0 saturated carbocycles. The Kier molecular flexibility index (Phi) is 3.92. The predicted octanol–water partition coefficient (Wildman–Crippen LogP) is 3.09. The van der Waals surface area contributed by atoms with Crippen molar-refractivity contribution in [3.63, 3.8) is 0 Å². The monoisotopic (exact) mass is 291 g/mol. The summed E-state index contributed by atoms with van der Waals surface area (Å²) in [5.74, 6) is 0.238. The lowest BCUT2D eigenvalue weighted by Crippen LogP contribution is -2.36. The molecule has 1 aromatic heterocycles. The minimum absolute atomic E-state index is 0.238. The highest BCUT2D eigenvalue weighted by Crippen LogP contribution is 2.19. The number of hydrogen-bond donors (Lipinski definition) is 0. The van der Waals surface area contributed by atoms with Gasteiger partial charge in [0.1, 0.15) is 0 Å². The van der Waals surface area contributed by atoms with Gasteiger partial charge in [-0.1, -0.05) is 11.6 Å². The topological polar surface area (TPSA) is 38.1 Å². The van der Waals surface area contributed by atoms with Crippen molar-refractivity contribution < 1.29 is 4.79 Å². The summed E-state index contributed by atoms with van der Waals surface area (Å²) in [5.41, 5.74) is 1.03. The predicted molar refractivity (Wildman–Crippen MR) is 79.8 cm³/mol. The Bertz CT molecular complexity index is 617. The number of piperidine rings is 1. The van der Waals surface area contributed by atoms with Gasteiger partial charge in [-0.3, -0.25) is 9.48 Å². The maximum absolute atomic E-state index is 12.1. The van der Waals surface area contributed by atoms with E-state index in [1.54, 1.807) is 6.20 Å². The smallest absolute Gasteiger partial charge is 0.224 e. The van der Waals surface area contributed by atoms with Gasteiger partial charge >= 0.3 is 0 Å². The van der Waals surface area contributed by atoms with E-state index in [0.29, 0.717) is 18.0 Å². The molecule has 1 aromatic carbocycles. The highest BCUT2D eigenvalue weighted by Gasteiger charge is 2.16. The Labute approximate surface area is 123 Å². The van der Waals surface area contributed by atoms with Crippen molar-refractivity contribution in [1.29, 1.82) is 0 Å². The zero-order valence-electron chi connectivity index (χ0n) is 11.4. The number of hydrogen-bond acceptors (Lipinski definition) is 2. The van der Waals surface area contributed by atoms with E-state index in [2.05, 4.69) is 5.10 Å². The Hall–Kier alpha value is -1.55. The molecule has 2 heterocycles. The van der Waals surface area contributed by atoms with Gasteiger partial charge in [0.05, 0.1) is 18.3 Å². The molecule has 106 valence electrons. The van der Waals surface area contributed by atoms with Gasteiger partial charge in [0.2, 0.25) is 5.91 Å². The van der Waals surface area contributed by atoms with Crippen molar-refractivity contribution in [2.24, 2.45) is 0 Å². The maximum Gasteiger partial charge on any atom is 0.224 e. The van der Waals surface area contributed by atoms with Crippen LogP contribution in [0, 0.1) is 0 Å². The number of rotatable bonds is 3. The molecule has 1 amide bonds. The van der Waals surface area contributed by atoms with Crippen LogP contribution in [0.25, 0.3) is 10.9 Å². The number of benzene rings is 1. The minimum atomic E-state index is 0.238. The Morgan fingerprint density at radius 2 is 2.05 bits per heavy atom. The molecule has 1 saturated heterocycles. The Balaban J connectivity index is 1.66. The molecular formula is C15H18ClN3O. The van der Waals surface area contributed by atoms with Gasteiger partial charge in [-0.15, -0.1) is 0 Å². The van der Waals surface area contributed by atoms with E-state index >= 15 is 0 Å². The van der Waals surface area contributed by atoms with Crippen LogP contribution < -0.4 is 0 Å². The number of aryl methyl sites for hydroxylation is 1. The molecule has 1 aliphatic rings. The van der Waals surface area contributed by atoms with Crippen LogP contribution in [0.5, 0.6) is 0 Å². The van der Waals surface area contributed by atoms with Crippen molar-refractivity contribution in [2.45, 2.75) is 32.2 Å². The number of halogens is 1. The van der Waals surface area contributed by atoms with Gasteiger partial charge in [-0.2, -0.15) is 5.10 Å². The standard InChI is InChI=1S/C15H18ClN3O/c16-13-4-5-14-12(10-13)11-17-19(14)9-6-15(20)18-7-2-1-3-8-18/h4-5,10-11H,1-3,6-9H2. The molecule has 0 aliphatic carbocycles. The molecule has 1 fully saturated rings. The van der Waals surface area contributed by atoms with Crippen molar-refractivity contribution in [1.82, 2.24) is 14.7 Å². The van der Waals surface area contributed by atoms with E-state index in [0.717, 1.165) is 36.8 Å². The molecule has 0 N–H and O–H groups in total. The summed E-state index contributed by atoms with van der Waals surface area (Å²) in [6.07, 6.45) is 5.82. The molecule has 5 heteroatoms. The lowest BCUT2D eigenvalue weighted by molar-refractivity contribution is -0.132. The molecule has 0 unspecified atom stereocenters. The summed E-state index contributed by atoms with van der Waals surface area (Å²) in [7, 11) is 0.